The van der Waals surface area contributed by atoms with E-state index in [1.165, 1.54) is 4.68 Å². The van der Waals surface area contributed by atoms with E-state index in [-0.39, 0.29) is 5.91 Å². The number of amides is 1. The van der Waals surface area contributed by atoms with E-state index in [0.717, 1.165) is 11.4 Å². The van der Waals surface area contributed by atoms with Crippen LogP contribution in [-0.2, 0) is 7.05 Å². The molecular weight excluding hydrogens is 334 g/mol. The van der Waals surface area contributed by atoms with Crippen LogP contribution in [0.1, 0.15) is 29.0 Å². The SMILES string of the molecule is Cc1cc(C(=O)NCC2(COc3ccccc3)C[C@@H](O)[C@@H](O)C2)n(C)n1. The van der Waals surface area contributed by atoms with Crippen molar-refractivity contribution in [3.63, 3.8) is 0 Å². The number of aliphatic hydroxyl groups is 2. The zero-order valence-corrected chi connectivity index (χ0v) is 15.1. The maximum atomic E-state index is 12.5. The molecule has 7 nitrogen and oxygen atoms in total. The number of aromatic nitrogens is 2. The van der Waals surface area contributed by atoms with Crippen LogP contribution in [0.5, 0.6) is 5.75 Å². The number of para-hydroxylation sites is 1. The fourth-order valence-electron chi connectivity index (χ4n) is 3.49. The van der Waals surface area contributed by atoms with E-state index in [0.29, 0.717) is 31.7 Å². The molecule has 1 saturated carbocycles. The average molecular weight is 359 g/mol. The predicted molar refractivity (Wildman–Crippen MR) is 95.9 cm³/mol. The van der Waals surface area contributed by atoms with Crippen molar-refractivity contribution in [2.24, 2.45) is 12.5 Å². The number of ether oxygens (including phenoxy) is 1. The number of aryl methyl sites for hydroxylation is 2. The van der Waals surface area contributed by atoms with Gasteiger partial charge in [-0.3, -0.25) is 9.48 Å². The lowest BCUT2D eigenvalue weighted by atomic mass is 9.86. The monoisotopic (exact) mass is 359 g/mol. The van der Waals surface area contributed by atoms with Crippen LogP contribution in [0.2, 0.25) is 0 Å². The van der Waals surface area contributed by atoms with Gasteiger partial charge in [-0.05, 0) is 38.0 Å². The van der Waals surface area contributed by atoms with Crippen LogP contribution in [0.25, 0.3) is 0 Å². The number of rotatable bonds is 6. The number of carbonyl (C=O) groups is 1. The smallest absolute Gasteiger partial charge is 0.269 e. The average Bonchev–Trinajstić information content (AvgIpc) is 3.11. The summed E-state index contributed by atoms with van der Waals surface area (Å²) in [5.74, 6) is 0.486. The van der Waals surface area contributed by atoms with Gasteiger partial charge in [0.15, 0.2) is 0 Å². The number of hydrogen-bond acceptors (Lipinski definition) is 5. The van der Waals surface area contributed by atoms with Crippen molar-refractivity contribution >= 4 is 5.91 Å². The van der Waals surface area contributed by atoms with Gasteiger partial charge in [0, 0.05) is 19.0 Å². The molecule has 1 aromatic heterocycles. The van der Waals surface area contributed by atoms with Gasteiger partial charge in [0.1, 0.15) is 11.4 Å². The summed E-state index contributed by atoms with van der Waals surface area (Å²) < 4.78 is 7.40. The van der Waals surface area contributed by atoms with Crippen LogP contribution in [0.3, 0.4) is 0 Å². The topological polar surface area (TPSA) is 96.6 Å². The zero-order chi connectivity index (χ0) is 18.7. The number of nitrogens with one attached hydrogen (secondary N) is 1. The van der Waals surface area contributed by atoms with Gasteiger partial charge in [-0.1, -0.05) is 18.2 Å². The number of hydrogen-bond donors (Lipinski definition) is 3. The number of aliphatic hydroxyl groups excluding tert-OH is 2. The highest BCUT2D eigenvalue weighted by atomic mass is 16.5. The molecule has 26 heavy (non-hydrogen) atoms. The molecule has 1 amide bonds. The highest BCUT2D eigenvalue weighted by molar-refractivity contribution is 5.92. The van der Waals surface area contributed by atoms with Gasteiger partial charge < -0.3 is 20.3 Å². The second kappa shape index (κ2) is 7.47. The Balaban J connectivity index is 1.68. The summed E-state index contributed by atoms with van der Waals surface area (Å²) in [7, 11) is 1.72. The molecule has 0 bridgehead atoms. The summed E-state index contributed by atoms with van der Waals surface area (Å²) in [5.41, 5.74) is 0.713. The van der Waals surface area contributed by atoms with E-state index in [1.807, 2.05) is 37.3 Å². The van der Waals surface area contributed by atoms with Crippen LogP contribution in [0.4, 0.5) is 0 Å². The number of benzene rings is 1. The van der Waals surface area contributed by atoms with Gasteiger partial charge >= 0.3 is 0 Å². The van der Waals surface area contributed by atoms with Gasteiger partial charge in [0.25, 0.3) is 5.91 Å². The van der Waals surface area contributed by atoms with Crippen LogP contribution < -0.4 is 10.1 Å². The molecular formula is C19H25N3O4. The highest BCUT2D eigenvalue weighted by Gasteiger charge is 2.45. The van der Waals surface area contributed by atoms with E-state index >= 15 is 0 Å². The van der Waals surface area contributed by atoms with Gasteiger partial charge in [0.05, 0.1) is 24.5 Å². The third kappa shape index (κ3) is 4.05. The first-order chi connectivity index (χ1) is 12.4. The van der Waals surface area contributed by atoms with Crippen LogP contribution >= 0.6 is 0 Å². The molecule has 0 aliphatic heterocycles. The summed E-state index contributed by atoms with van der Waals surface area (Å²) >= 11 is 0. The Hall–Kier alpha value is -2.38. The van der Waals surface area contributed by atoms with E-state index in [1.54, 1.807) is 13.1 Å². The Morgan fingerprint density at radius 3 is 2.54 bits per heavy atom. The molecule has 1 unspecified atom stereocenters. The molecule has 1 aliphatic carbocycles. The Morgan fingerprint density at radius 1 is 1.31 bits per heavy atom. The summed E-state index contributed by atoms with van der Waals surface area (Å²) in [6, 6.07) is 11.1. The third-order valence-electron chi connectivity index (χ3n) is 4.88. The maximum absolute atomic E-state index is 12.5. The van der Waals surface area contributed by atoms with Crippen molar-refractivity contribution in [3.05, 3.63) is 47.8 Å². The highest BCUT2D eigenvalue weighted by Crippen LogP contribution is 2.38. The normalized spacial score (nSPS) is 25.2. The standard InChI is InChI=1S/C19H25N3O4/c1-13-8-15(22(2)21-13)18(25)20-11-19(9-16(23)17(24)10-19)12-26-14-6-4-3-5-7-14/h3-8,16-17,23-24H,9-12H2,1-2H3,(H,20,25)/t16-,17+,19?. The molecule has 1 fully saturated rings. The van der Waals surface area contributed by atoms with Gasteiger partial charge in [-0.25, -0.2) is 0 Å². The fourth-order valence-corrected chi connectivity index (χ4v) is 3.49. The molecule has 2 aromatic rings. The quantitative estimate of drug-likeness (QED) is 0.716. The first kappa shape index (κ1) is 18.4. The van der Waals surface area contributed by atoms with Crippen molar-refractivity contribution in [2.75, 3.05) is 13.2 Å². The molecule has 1 heterocycles. The van der Waals surface area contributed by atoms with Crippen molar-refractivity contribution < 1.29 is 19.7 Å². The number of carbonyl (C=O) groups excluding carboxylic acids is 1. The molecule has 7 heteroatoms. The second-order valence-electron chi connectivity index (χ2n) is 7.12. The van der Waals surface area contributed by atoms with E-state index < -0.39 is 17.6 Å². The van der Waals surface area contributed by atoms with Crippen molar-refractivity contribution in [1.29, 1.82) is 0 Å². The minimum Gasteiger partial charge on any atom is -0.493 e. The van der Waals surface area contributed by atoms with E-state index in [4.69, 9.17) is 4.74 Å². The third-order valence-corrected chi connectivity index (χ3v) is 4.88. The Labute approximate surface area is 152 Å². The molecule has 3 rings (SSSR count). The lowest BCUT2D eigenvalue weighted by molar-refractivity contribution is 0.0438. The van der Waals surface area contributed by atoms with E-state index in [2.05, 4.69) is 10.4 Å². The summed E-state index contributed by atoms with van der Waals surface area (Å²) in [5, 5.41) is 27.1. The first-order valence-electron chi connectivity index (χ1n) is 8.71. The van der Waals surface area contributed by atoms with Crippen LogP contribution in [0, 0.1) is 12.3 Å². The maximum Gasteiger partial charge on any atom is 0.269 e. The Bertz CT molecular complexity index is 749. The molecule has 0 saturated heterocycles. The molecule has 3 atom stereocenters. The van der Waals surface area contributed by atoms with E-state index in [9.17, 15) is 15.0 Å². The number of nitrogens with zero attached hydrogens (tertiary/aromatic N) is 2. The van der Waals surface area contributed by atoms with Crippen LogP contribution in [-0.4, -0.2) is 51.3 Å². The van der Waals surface area contributed by atoms with Gasteiger partial charge in [-0.15, -0.1) is 0 Å². The molecule has 0 radical (unpaired) electrons. The molecule has 1 aromatic carbocycles. The fraction of sp³-hybridized carbons (Fsp3) is 0.474. The van der Waals surface area contributed by atoms with Gasteiger partial charge in [0.2, 0.25) is 0 Å². The summed E-state index contributed by atoms with van der Waals surface area (Å²) in [4.78, 5) is 12.5. The zero-order valence-electron chi connectivity index (χ0n) is 15.1. The summed E-state index contributed by atoms with van der Waals surface area (Å²) in [6.07, 6.45) is -0.896. The molecule has 3 N–H and O–H groups in total. The Kier molecular flexibility index (Phi) is 5.29. The van der Waals surface area contributed by atoms with Crippen LogP contribution in [0.15, 0.2) is 36.4 Å². The lowest BCUT2D eigenvalue weighted by Crippen LogP contribution is -2.41. The minimum absolute atomic E-state index is 0.233. The van der Waals surface area contributed by atoms with Gasteiger partial charge in [-0.2, -0.15) is 5.10 Å². The minimum atomic E-state index is -0.815. The second-order valence-corrected chi connectivity index (χ2v) is 7.12. The lowest BCUT2D eigenvalue weighted by Gasteiger charge is -2.29. The largest absolute Gasteiger partial charge is 0.493 e. The molecule has 1 aliphatic rings. The van der Waals surface area contributed by atoms with Crippen molar-refractivity contribution in [2.45, 2.75) is 32.0 Å². The molecule has 0 spiro atoms. The summed E-state index contributed by atoms with van der Waals surface area (Å²) in [6.45, 7) is 2.43. The predicted octanol–water partition coefficient (Wildman–Crippen LogP) is 1.04. The van der Waals surface area contributed by atoms with Crippen molar-refractivity contribution in [1.82, 2.24) is 15.1 Å². The Morgan fingerprint density at radius 2 is 1.96 bits per heavy atom. The first-order valence-corrected chi connectivity index (χ1v) is 8.71. The molecule has 140 valence electrons. The van der Waals surface area contributed by atoms with Crippen molar-refractivity contribution in [3.8, 4) is 5.75 Å².